The number of nitrogens with one attached hydrogen (secondary N) is 1. The molecule has 0 unspecified atom stereocenters. The molecule has 3 N–H and O–H groups in total. The van der Waals surface area contributed by atoms with Gasteiger partial charge in [0.15, 0.2) is 6.61 Å². The van der Waals surface area contributed by atoms with Gasteiger partial charge in [-0.05, 0) is 58.2 Å². The molecule has 0 saturated heterocycles. The van der Waals surface area contributed by atoms with Crippen molar-refractivity contribution in [2.24, 2.45) is 0 Å². The number of aromatic hydroxyl groups is 1. The van der Waals surface area contributed by atoms with Crippen molar-refractivity contribution in [2.45, 2.75) is 65.2 Å². The van der Waals surface area contributed by atoms with E-state index in [9.17, 15) is 14.7 Å². The van der Waals surface area contributed by atoms with Crippen LogP contribution in [0.15, 0.2) is 36.4 Å². The number of carboxylic acid groups (broad SMARTS) is 1. The van der Waals surface area contributed by atoms with Crippen LogP contribution in [0, 0.1) is 0 Å². The van der Waals surface area contributed by atoms with Crippen molar-refractivity contribution in [3.8, 4) is 11.5 Å². The lowest BCUT2D eigenvalue weighted by Crippen LogP contribution is -2.18. The first-order valence-corrected chi connectivity index (χ1v) is 10.4. The van der Waals surface area contributed by atoms with Gasteiger partial charge in [-0.15, -0.1) is 0 Å². The van der Waals surface area contributed by atoms with Gasteiger partial charge in [0.2, 0.25) is 5.91 Å². The second-order valence-corrected chi connectivity index (χ2v) is 9.79. The zero-order valence-corrected chi connectivity index (χ0v) is 19.2. The van der Waals surface area contributed by atoms with Crippen LogP contribution in [0.25, 0.3) is 0 Å². The number of carbonyl (C=O) groups excluding carboxylic acids is 1. The summed E-state index contributed by atoms with van der Waals surface area (Å²) >= 11 is 0. The number of aryl methyl sites for hydroxylation is 1. The molecule has 0 atom stereocenters. The minimum absolute atomic E-state index is 0.123. The Labute approximate surface area is 184 Å². The highest BCUT2D eigenvalue weighted by Gasteiger charge is 2.26. The first-order valence-electron chi connectivity index (χ1n) is 10.4. The Morgan fingerprint density at radius 2 is 1.45 bits per heavy atom. The highest BCUT2D eigenvalue weighted by Crippen LogP contribution is 2.40. The summed E-state index contributed by atoms with van der Waals surface area (Å²) in [5.41, 5.74) is 2.96. The van der Waals surface area contributed by atoms with E-state index in [2.05, 4.69) is 46.9 Å². The lowest BCUT2D eigenvalue weighted by atomic mass is 9.78. The zero-order chi connectivity index (χ0) is 23.4. The fraction of sp³-hybridized carbons (Fsp3) is 0.440. The van der Waals surface area contributed by atoms with Crippen LogP contribution in [0.1, 0.15) is 64.7 Å². The van der Waals surface area contributed by atoms with Crippen LogP contribution in [-0.4, -0.2) is 28.7 Å². The summed E-state index contributed by atoms with van der Waals surface area (Å²) < 4.78 is 5.09. The van der Waals surface area contributed by atoms with Gasteiger partial charge in [-0.1, -0.05) is 53.7 Å². The smallest absolute Gasteiger partial charge is 0.341 e. The van der Waals surface area contributed by atoms with E-state index in [4.69, 9.17) is 9.84 Å². The van der Waals surface area contributed by atoms with Crippen LogP contribution in [0.2, 0.25) is 0 Å². The summed E-state index contributed by atoms with van der Waals surface area (Å²) in [7, 11) is 0. The Bertz CT molecular complexity index is 899. The van der Waals surface area contributed by atoms with Crippen LogP contribution in [0.4, 0.5) is 5.69 Å². The monoisotopic (exact) mass is 427 g/mol. The van der Waals surface area contributed by atoms with Crippen LogP contribution >= 0.6 is 0 Å². The SMILES string of the molecule is CC(C)(C)c1cc(CCC(=O)Nc2ccc(OCC(=O)O)cc2)cc(C(C)(C)C)c1O. The van der Waals surface area contributed by atoms with Crippen molar-refractivity contribution in [2.75, 3.05) is 11.9 Å². The van der Waals surface area contributed by atoms with Crippen molar-refractivity contribution in [3.63, 3.8) is 0 Å². The minimum atomic E-state index is -1.05. The molecule has 2 aromatic rings. The number of carbonyl (C=O) groups is 2. The first-order chi connectivity index (χ1) is 14.3. The van der Waals surface area contributed by atoms with Gasteiger partial charge in [0, 0.05) is 12.1 Å². The minimum Gasteiger partial charge on any atom is -0.507 e. The summed E-state index contributed by atoms with van der Waals surface area (Å²) in [6, 6.07) is 10.6. The molecule has 0 radical (unpaired) electrons. The standard InChI is InChI=1S/C25H33NO5/c1-24(2,3)19-13-16(14-20(23(19)30)25(4,5)6)7-12-21(27)26-17-8-10-18(11-9-17)31-15-22(28)29/h8-11,13-14,30H,7,12,15H2,1-6H3,(H,26,27)(H,28,29). The van der Waals surface area contributed by atoms with E-state index >= 15 is 0 Å². The second-order valence-electron chi connectivity index (χ2n) is 9.79. The fourth-order valence-corrected chi connectivity index (χ4v) is 3.24. The van der Waals surface area contributed by atoms with Gasteiger partial charge in [-0.3, -0.25) is 4.79 Å². The van der Waals surface area contributed by atoms with E-state index in [1.807, 2.05) is 12.1 Å². The maximum absolute atomic E-state index is 12.4. The quantitative estimate of drug-likeness (QED) is 0.576. The Kier molecular flexibility index (Phi) is 7.37. The lowest BCUT2D eigenvalue weighted by Gasteiger charge is -2.28. The van der Waals surface area contributed by atoms with Gasteiger partial charge in [0.25, 0.3) is 0 Å². The summed E-state index contributed by atoms with van der Waals surface area (Å²) in [4.78, 5) is 23.0. The number of hydrogen-bond acceptors (Lipinski definition) is 4. The number of amides is 1. The molecule has 168 valence electrons. The largest absolute Gasteiger partial charge is 0.507 e. The van der Waals surface area contributed by atoms with Crippen LogP contribution in [0.5, 0.6) is 11.5 Å². The molecule has 1 amide bonds. The normalized spacial score (nSPS) is 11.8. The Morgan fingerprint density at radius 3 is 1.90 bits per heavy atom. The van der Waals surface area contributed by atoms with Crippen LogP contribution in [-0.2, 0) is 26.8 Å². The van der Waals surface area contributed by atoms with Gasteiger partial charge in [-0.25, -0.2) is 4.79 Å². The van der Waals surface area contributed by atoms with Crippen LogP contribution in [0.3, 0.4) is 0 Å². The molecular formula is C25H33NO5. The average molecular weight is 428 g/mol. The predicted octanol–water partition coefficient (Wildman–Crippen LogP) is 5.02. The number of phenols is 1. The molecular weight excluding hydrogens is 394 g/mol. The van der Waals surface area contributed by atoms with Crippen molar-refractivity contribution < 1.29 is 24.5 Å². The molecule has 2 aromatic carbocycles. The van der Waals surface area contributed by atoms with E-state index < -0.39 is 12.6 Å². The Morgan fingerprint density at radius 1 is 0.935 bits per heavy atom. The number of phenolic OH excluding ortho intramolecular Hbond substituents is 1. The molecule has 0 fully saturated rings. The van der Waals surface area contributed by atoms with Crippen molar-refractivity contribution in [1.82, 2.24) is 0 Å². The summed E-state index contributed by atoms with van der Waals surface area (Å²) in [6.07, 6.45) is 0.854. The lowest BCUT2D eigenvalue weighted by molar-refractivity contribution is -0.139. The summed E-state index contributed by atoms with van der Waals surface area (Å²) in [6.45, 7) is 12.0. The number of anilines is 1. The summed E-state index contributed by atoms with van der Waals surface area (Å²) in [5, 5.41) is 22.3. The second kappa shape index (κ2) is 9.41. The number of hydrogen-bond donors (Lipinski definition) is 3. The van der Waals surface area contributed by atoms with Crippen molar-refractivity contribution in [1.29, 1.82) is 0 Å². The van der Waals surface area contributed by atoms with Gasteiger partial charge in [0.1, 0.15) is 11.5 Å². The van der Waals surface area contributed by atoms with E-state index in [0.717, 1.165) is 16.7 Å². The number of rotatable bonds is 7. The fourth-order valence-electron chi connectivity index (χ4n) is 3.24. The van der Waals surface area contributed by atoms with E-state index in [-0.39, 0.29) is 16.7 Å². The maximum Gasteiger partial charge on any atom is 0.341 e. The molecule has 0 aliphatic heterocycles. The molecule has 0 bridgehead atoms. The van der Waals surface area contributed by atoms with Crippen LogP contribution < -0.4 is 10.1 Å². The van der Waals surface area contributed by atoms with Gasteiger partial charge >= 0.3 is 5.97 Å². The molecule has 6 nitrogen and oxygen atoms in total. The third kappa shape index (κ3) is 7.02. The maximum atomic E-state index is 12.4. The highest BCUT2D eigenvalue weighted by molar-refractivity contribution is 5.90. The molecule has 0 heterocycles. The molecule has 0 aromatic heterocycles. The van der Waals surface area contributed by atoms with Gasteiger partial charge in [-0.2, -0.15) is 0 Å². The predicted molar refractivity (Wildman–Crippen MR) is 122 cm³/mol. The number of ether oxygens (including phenoxy) is 1. The molecule has 6 heteroatoms. The first kappa shape index (κ1) is 24.3. The molecule has 31 heavy (non-hydrogen) atoms. The third-order valence-corrected chi connectivity index (χ3v) is 4.93. The molecule has 0 aliphatic rings. The number of carboxylic acids is 1. The number of benzene rings is 2. The molecule has 2 rings (SSSR count). The molecule has 0 spiro atoms. The van der Waals surface area contributed by atoms with E-state index in [0.29, 0.717) is 30.0 Å². The van der Waals surface area contributed by atoms with Crippen molar-refractivity contribution >= 4 is 17.6 Å². The van der Waals surface area contributed by atoms with E-state index in [1.165, 1.54) is 0 Å². The molecule has 0 saturated carbocycles. The van der Waals surface area contributed by atoms with Gasteiger partial charge in [0.05, 0.1) is 0 Å². The Hall–Kier alpha value is -3.02. The topological polar surface area (TPSA) is 95.9 Å². The van der Waals surface area contributed by atoms with Gasteiger partial charge < -0.3 is 20.3 Å². The third-order valence-electron chi connectivity index (χ3n) is 4.93. The van der Waals surface area contributed by atoms with E-state index in [1.54, 1.807) is 24.3 Å². The number of aliphatic carboxylic acids is 1. The molecule has 0 aliphatic carbocycles. The zero-order valence-electron chi connectivity index (χ0n) is 19.2. The van der Waals surface area contributed by atoms with Crippen molar-refractivity contribution in [3.05, 3.63) is 53.1 Å². The summed E-state index contributed by atoms with van der Waals surface area (Å²) in [5.74, 6) is -0.412. The highest BCUT2D eigenvalue weighted by atomic mass is 16.5. The Balaban J connectivity index is 2.08. The average Bonchev–Trinajstić information content (AvgIpc) is 2.64.